The van der Waals surface area contributed by atoms with Gasteiger partial charge in [-0.25, -0.2) is 14.4 Å². The van der Waals surface area contributed by atoms with Crippen LogP contribution in [0.2, 0.25) is 0 Å². The van der Waals surface area contributed by atoms with Crippen molar-refractivity contribution in [3.63, 3.8) is 0 Å². The number of rotatable bonds is 4. The molecule has 4 heterocycles. The van der Waals surface area contributed by atoms with E-state index in [4.69, 9.17) is 9.72 Å². The molecule has 0 radical (unpaired) electrons. The number of aromatic nitrogens is 3. The molecular weight excluding hydrogens is 395 g/mol. The number of hydrogen-bond donors (Lipinski definition) is 1. The minimum atomic E-state index is -0.291. The fourth-order valence-corrected chi connectivity index (χ4v) is 4.29. The van der Waals surface area contributed by atoms with Gasteiger partial charge in [-0.05, 0) is 42.8 Å². The first kappa shape index (κ1) is 19.7. The fourth-order valence-electron chi connectivity index (χ4n) is 4.29. The van der Waals surface area contributed by atoms with E-state index in [1.807, 2.05) is 17.3 Å². The molecule has 1 aromatic carbocycles. The normalized spacial score (nSPS) is 15.9. The second kappa shape index (κ2) is 8.11. The van der Waals surface area contributed by atoms with Gasteiger partial charge < -0.3 is 19.9 Å². The maximum Gasteiger partial charge on any atom is 0.227 e. The molecule has 2 aliphatic heterocycles. The monoisotopic (exact) mass is 420 g/mol. The third-order valence-electron chi connectivity index (χ3n) is 5.92. The van der Waals surface area contributed by atoms with Crippen LogP contribution < -0.4 is 15.0 Å². The van der Waals surface area contributed by atoms with Gasteiger partial charge in [0.05, 0.1) is 31.2 Å². The van der Waals surface area contributed by atoms with E-state index in [-0.39, 0.29) is 5.82 Å². The minimum Gasteiger partial charge on any atom is -0.494 e. The Labute approximate surface area is 180 Å². The van der Waals surface area contributed by atoms with Crippen LogP contribution in [0.25, 0.3) is 0 Å². The Bertz CT molecular complexity index is 1120. The zero-order valence-corrected chi connectivity index (χ0v) is 17.7. The van der Waals surface area contributed by atoms with E-state index in [2.05, 4.69) is 33.3 Å². The maximum absolute atomic E-state index is 14.6. The summed E-state index contributed by atoms with van der Waals surface area (Å²) in [6.45, 7) is 3.10. The number of likely N-dealkylation sites (N-methyl/N-ethyl adjacent to an activating group) is 1. The molecule has 0 unspecified atom stereocenters. The Hall–Kier alpha value is -3.26. The minimum absolute atomic E-state index is 0.291. The van der Waals surface area contributed by atoms with Gasteiger partial charge in [0, 0.05) is 37.9 Å². The van der Waals surface area contributed by atoms with E-state index in [1.165, 1.54) is 11.6 Å². The van der Waals surface area contributed by atoms with E-state index in [1.54, 1.807) is 19.2 Å². The smallest absolute Gasteiger partial charge is 0.227 e. The quantitative estimate of drug-likeness (QED) is 0.695. The van der Waals surface area contributed by atoms with Crippen molar-refractivity contribution < 1.29 is 9.13 Å². The second-order valence-corrected chi connectivity index (χ2v) is 8.07. The number of hydrogen-bond acceptors (Lipinski definition) is 7. The van der Waals surface area contributed by atoms with E-state index >= 15 is 0 Å². The van der Waals surface area contributed by atoms with Crippen molar-refractivity contribution in [2.75, 3.05) is 37.5 Å². The molecule has 31 heavy (non-hydrogen) atoms. The van der Waals surface area contributed by atoms with E-state index in [0.29, 0.717) is 30.5 Å². The van der Waals surface area contributed by atoms with Crippen LogP contribution in [0.5, 0.6) is 5.75 Å². The zero-order chi connectivity index (χ0) is 21.4. The van der Waals surface area contributed by atoms with Crippen LogP contribution in [0.1, 0.15) is 22.5 Å². The van der Waals surface area contributed by atoms with Gasteiger partial charge in [-0.2, -0.15) is 0 Å². The number of halogens is 1. The first-order valence-electron chi connectivity index (χ1n) is 10.5. The Morgan fingerprint density at radius 1 is 1.03 bits per heavy atom. The number of methoxy groups -OCH3 is 1. The van der Waals surface area contributed by atoms with Gasteiger partial charge in [0.15, 0.2) is 0 Å². The Morgan fingerprint density at radius 2 is 1.94 bits per heavy atom. The number of para-hydroxylation sites is 1. The molecule has 1 N–H and O–H groups in total. The highest BCUT2D eigenvalue weighted by Gasteiger charge is 2.24. The van der Waals surface area contributed by atoms with Gasteiger partial charge in [-0.1, -0.05) is 6.07 Å². The largest absolute Gasteiger partial charge is 0.494 e. The molecule has 0 fully saturated rings. The number of nitrogens with one attached hydrogen (secondary N) is 1. The van der Waals surface area contributed by atoms with Crippen molar-refractivity contribution in [3.8, 4) is 5.75 Å². The summed E-state index contributed by atoms with van der Waals surface area (Å²) in [6, 6.07) is 7.02. The van der Waals surface area contributed by atoms with Gasteiger partial charge in [0.1, 0.15) is 17.3 Å². The average Bonchev–Trinajstić information content (AvgIpc) is 2.78. The first-order chi connectivity index (χ1) is 15.1. The van der Waals surface area contributed by atoms with Crippen LogP contribution in [0, 0.1) is 5.82 Å². The van der Waals surface area contributed by atoms with Crippen LogP contribution in [0.4, 0.5) is 21.7 Å². The number of benzene rings is 1. The third-order valence-corrected chi connectivity index (χ3v) is 5.92. The van der Waals surface area contributed by atoms with Crippen molar-refractivity contribution in [1.29, 1.82) is 0 Å². The molecule has 160 valence electrons. The standard InChI is InChI=1S/C23H25FN6O/c1-29-8-7-19-16(13-29)10-17(12-25-19)27-23-26-11-15-6-9-30(14-20(15)28-23)22-18(24)4-3-5-21(22)31-2/h3-5,10-12H,6-9,13-14H2,1-2H3,(H,26,27,28). The van der Waals surface area contributed by atoms with Gasteiger partial charge in [0.2, 0.25) is 5.95 Å². The van der Waals surface area contributed by atoms with Crippen molar-refractivity contribution in [2.24, 2.45) is 0 Å². The Kier molecular flexibility index (Phi) is 5.15. The summed E-state index contributed by atoms with van der Waals surface area (Å²) in [6.07, 6.45) is 5.42. The molecule has 0 saturated heterocycles. The topological polar surface area (TPSA) is 66.4 Å². The SMILES string of the molecule is COc1cccc(F)c1N1CCc2cnc(Nc3cnc4c(c3)CN(C)CC4)nc2C1. The van der Waals surface area contributed by atoms with E-state index < -0.39 is 0 Å². The lowest BCUT2D eigenvalue weighted by Gasteiger charge is -2.31. The van der Waals surface area contributed by atoms with E-state index in [0.717, 1.165) is 48.6 Å². The molecule has 0 amide bonds. The first-order valence-corrected chi connectivity index (χ1v) is 10.5. The molecule has 0 bridgehead atoms. The highest BCUT2D eigenvalue weighted by atomic mass is 19.1. The molecule has 0 aliphatic carbocycles. The van der Waals surface area contributed by atoms with Crippen LogP contribution in [0.3, 0.4) is 0 Å². The number of ether oxygens (including phenoxy) is 1. The number of anilines is 3. The number of nitrogens with zero attached hydrogens (tertiary/aromatic N) is 5. The average molecular weight is 420 g/mol. The van der Waals surface area contributed by atoms with Crippen molar-refractivity contribution >= 4 is 17.3 Å². The van der Waals surface area contributed by atoms with Crippen molar-refractivity contribution in [2.45, 2.75) is 25.9 Å². The molecule has 8 heteroatoms. The Morgan fingerprint density at radius 3 is 2.81 bits per heavy atom. The molecule has 0 atom stereocenters. The summed E-state index contributed by atoms with van der Waals surface area (Å²) in [5.41, 5.74) is 5.71. The predicted octanol–water partition coefficient (Wildman–Crippen LogP) is 3.31. The molecule has 2 aliphatic rings. The Balaban J connectivity index is 1.38. The lowest BCUT2D eigenvalue weighted by Crippen LogP contribution is -2.32. The van der Waals surface area contributed by atoms with Crippen molar-refractivity contribution in [3.05, 3.63) is 65.0 Å². The van der Waals surface area contributed by atoms with E-state index in [9.17, 15) is 4.39 Å². The molecule has 0 saturated carbocycles. The highest BCUT2D eigenvalue weighted by molar-refractivity contribution is 5.61. The fraction of sp³-hybridized carbons (Fsp3) is 0.348. The van der Waals surface area contributed by atoms with Crippen LogP contribution in [-0.4, -0.2) is 47.1 Å². The molecule has 2 aromatic heterocycles. The maximum atomic E-state index is 14.6. The lowest BCUT2D eigenvalue weighted by atomic mass is 10.1. The summed E-state index contributed by atoms with van der Waals surface area (Å²) < 4.78 is 19.9. The zero-order valence-electron chi connectivity index (χ0n) is 17.7. The lowest BCUT2D eigenvalue weighted by molar-refractivity contribution is 0.310. The second-order valence-electron chi connectivity index (χ2n) is 8.07. The number of pyridine rings is 1. The van der Waals surface area contributed by atoms with Gasteiger partial charge >= 0.3 is 0 Å². The van der Waals surface area contributed by atoms with Crippen LogP contribution >= 0.6 is 0 Å². The molecular formula is C23H25FN6O. The molecule has 5 rings (SSSR count). The molecule has 3 aromatic rings. The summed E-state index contributed by atoms with van der Waals surface area (Å²) in [5.74, 6) is 0.758. The molecule has 0 spiro atoms. The third kappa shape index (κ3) is 3.90. The predicted molar refractivity (Wildman–Crippen MR) is 117 cm³/mol. The van der Waals surface area contributed by atoms with Crippen LogP contribution in [0.15, 0.2) is 36.7 Å². The van der Waals surface area contributed by atoms with Gasteiger partial charge in [-0.3, -0.25) is 4.98 Å². The molecule has 7 nitrogen and oxygen atoms in total. The summed E-state index contributed by atoms with van der Waals surface area (Å²) in [7, 11) is 3.68. The van der Waals surface area contributed by atoms with Crippen molar-refractivity contribution in [1.82, 2.24) is 19.9 Å². The summed E-state index contributed by atoms with van der Waals surface area (Å²) >= 11 is 0. The van der Waals surface area contributed by atoms with Gasteiger partial charge in [-0.15, -0.1) is 0 Å². The van der Waals surface area contributed by atoms with Crippen LogP contribution in [-0.2, 0) is 25.9 Å². The summed E-state index contributed by atoms with van der Waals surface area (Å²) in [4.78, 5) is 18.1. The highest BCUT2D eigenvalue weighted by Crippen LogP contribution is 2.34. The summed E-state index contributed by atoms with van der Waals surface area (Å²) in [5, 5.41) is 3.29. The van der Waals surface area contributed by atoms with Gasteiger partial charge in [0.25, 0.3) is 0 Å². The number of fused-ring (bicyclic) bond motifs is 2.